The molecule has 72 valence electrons. The van der Waals surface area contributed by atoms with E-state index in [9.17, 15) is 0 Å². The van der Waals surface area contributed by atoms with Crippen LogP contribution < -0.4 is 5.73 Å². The Morgan fingerprint density at radius 3 is 2.75 bits per heavy atom. The highest BCUT2D eigenvalue weighted by atomic mass is 32.2. The first-order valence-corrected chi connectivity index (χ1v) is 5.80. The zero-order valence-electron chi connectivity index (χ0n) is 7.79. The van der Waals surface area contributed by atoms with Crippen molar-refractivity contribution in [2.75, 3.05) is 25.2 Å². The zero-order chi connectivity index (χ0) is 8.81. The molecular weight excluding hydrogens is 170 g/mol. The molecule has 0 aromatic rings. The lowest BCUT2D eigenvalue weighted by molar-refractivity contribution is 0.168. The molecule has 0 bridgehead atoms. The van der Waals surface area contributed by atoms with E-state index in [-0.39, 0.29) is 6.04 Å². The van der Waals surface area contributed by atoms with Gasteiger partial charge in [-0.2, -0.15) is 11.8 Å². The predicted octanol–water partition coefficient (Wildman–Crippen LogP) is 1.49. The molecule has 12 heavy (non-hydrogen) atoms. The standard InChI is InChI=1S/C9H19NOS/c1-11-7-9(10)6-8-2-4-12-5-3-8/h8-9H,2-7,10H2,1H3. The number of ether oxygens (including phenoxy) is 1. The molecule has 1 fully saturated rings. The minimum absolute atomic E-state index is 0.253. The summed E-state index contributed by atoms with van der Waals surface area (Å²) in [5.41, 5.74) is 5.88. The highest BCUT2D eigenvalue weighted by molar-refractivity contribution is 7.99. The Morgan fingerprint density at radius 2 is 2.17 bits per heavy atom. The summed E-state index contributed by atoms with van der Waals surface area (Å²) in [6.45, 7) is 0.712. The van der Waals surface area contributed by atoms with Gasteiger partial charge in [0.2, 0.25) is 0 Å². The van der Waals surface area contributed by atoms with Crippen LogP contribution in [-0.2, 0) is 4.74 Å². The van der Waals surface area contributed by atoms with Gasteiger partial charge >= 0.3 is 0 Å². The summed E-state index contributed by atoms with van der Waals surface area (Å²) in [5, 5.41) is 0. The molecule has 2 nitrogen and oxygen atoms in total. The monoisotopic (exact) mass is 189 g/mol. The average molecular weight is 189 g/mol. The van der Waals surface area contributed by atoms with E-state index in [1.54, 1.807) is 7.11 Å². The summed E-state index contributed by atoms with van der Waals surface area (Å²) in [4.78, 5) is 0. The Morgan fingerprint density at radius 1 is 1.50 bits per heavy atom. The van der Waals surface area contributed by atoms with E-state index in [1.807, 2.05) is 0 Å². The molecule has 1 heterocycles. The molecule has 0 radical (unpaired) electrons. The molecule has 1 rings (SSSR count). The van der Waals surface area contributed by atoms with Crippen LogP contribution >= 0.6 is 11.8 Å². The van der Waals surface area contributed by atoms with E-state index >= 15 is 0 Å². The second-order valence-corrected chi connectivity index (χ2v) is 4.73. The van der Waals surface area contributed by atoms with Gasteiger partial charge in [-0.15, -0.1) is 0 Å². The summed E-state index contributed by atoms with van der Waals surface area (Å²) in [6.07, 6.45) is 3.85. The number of thioether (sulfide) groups is 1. The lowest BCUT2D eigenvalue weighted by Crippen LogP contribution is -2.29. The first-order valence-electron chi connectivity index (χ1n) is 4.65. The highest BCUT2D eigenvalue weighted by Gasteiger charge is 2.16. The SMILES string of the molecule is COCC(N)CC1CCSCC1. The molecule has 1 aliphatic heterocycles. The van der Waals surface area contributed by atoms with Crippen molar-refractivity contribution in [1.82, 2.24) is 0 Å². The van der Waals surface area contributed by atoms with Crippen molar-refractivity contribution >= 4 is 11.8 Å². The zero-order valence-corrected chi connectivity index (χ0v) is 8.61. The molecule has 1 aliphatic rings. The maximum atomic E-state index is 5.88. The number of methoxy groups -OCH3 is 1. The van der Waals surface area contributed by atoms with Crippen LogP contribution in [0.4, 0.5) is 0 Å². The number of nitrogens with two attached hydrogens (primary N) is 1. The molecule has 1 atom stereocenters. The summed E-state index contributed by atoms with van der Waals surface area (Å²) in [6, 6.07) is 0.253. The summed E-state index contributed by atoms with van der Waals surface area (Å²) >= 11 is 2.07. The van der Waals surface area contributed by atoms with Gasteiger partial charge in [0.15, 0.2) is 0 Å². The van der Waals surface area contributed by atoms with Crippen molar-refractivity contribution in [2.24, 2.45) is 11.7 Å². The lowest BCUT2D eigenvalue weighted by Gasteiger charge is -2.23. The van der Waals surface area contributed by atoms with Gasteiger partial charge in [-0.3, -0.25) is 0 Å². The maximum absolute atomic E-state index is 5.88. The van der Waals surface area contributed by atoms with Crippen molar-refractivity contribution in [3.63, 3.8) is 0 Å². The van der Waals surface area contributed by atoms with Crippen molar-refractivity contribution < 1.29 is 4.74 Å². The van der Waals surface area contributed by atoms with Crippen LogP contribution in [0.15, 0.2) is 0 Å². The molecule has 0 aromatic heterocycles. The topological polar surface area (TPSA) is 35.2 Å². The molecule has 1 unspecified atom stereocenters. The van der Waals surface area contributed by atoms with Gasteiger partial charge in [0.05, 0.1) is 6.61 Å². The highest BCUT2D eigenvalue weighted by Crippen LogP contribution is 2.25. The van der Waals surface area contributed by atoms with Crippen LogP contribution in [0.1, 0.15) is 19.3 Å². The molecule has 0 amide bonds. The Balaban J connectivity index is 2.11. The largest absolute Gasteiger partial charge is 0.383 e. The fourth-order valence-corrected chi connectivity index (χ4v) is 2.90. The second kappa shape index (κ2) is 5.84. The number of rotatable bonds is 4. The fraction of sp³-hybridized carbons (Fsp3) is 1.00. The van der Waals surface area contributed by atoms with E-state index in [2.05, 4.69) is 11.8 Å². The summed E-state index contributed by atoms with van der Waals surface area (Å²) < 4.78 is 5.01. The maximum Gasteiger partial charge on any atom is 0.0613 e. The van der Waals surface area contributed by atoms with E-state index < -0.39 is 0 Å². The molecule has 0 saturated carbocycles. The molecule has 0 aliphatic carbocycles. The van der Waals surface area contributed by atoms with Gasteiger partial charge in [0.25, 0.3) is 0 Å². The van der Waals surface area contributed by atoms with Crippen molar-refractivity contribution in [1.29, 1.82) is 0 Å². The van der Waals surface area contributed by atoms with Crippen LogP contribution in [-0.4, -0.2) is 31.3 Å². The van der Waals surface area contributed by atoms with E-state index in [4.69, 9.17) is 10.5 Å². The predicted molar refractivity (Wildman–Crippen MR) is 54.5 cm³/mol. The summed E-state index contributed by atoms with van der Waals surface area (Å²) in [5.74, 6) is 3.51. The molecule has 0 aromatic carbocycles. The van der Waals surface area contributed by atoms with Crippen LogP contribution in [0.25, 0.3) is 0 Å². The molecular formula is C9H19NOS. The first kappa shape index (κ1) is 10.4. The van der Waals surface area contributed by atoms with Gasteiger partial charge in [-0.1, -0.05) is 0 Å². The number of hydrogen-bond acceptors (Lipinski definition) is 3. The third-order valence-electron chi connectivity index (χ3n) is 2.36. The molecule has 0 spiro atoms. The van der Waals surface area contributed by atoms with Gasteiger partial charge in [0, 0.05) is 13.2 Å². The van der Waals surface area contributed by atoms with Crippen molar-refractivity contribution in [3.05, 3.63) is 0 Å². The van der Waals surface area contributed by atoms with Gasteiger partial charge in [0.1, 0.15) is 0 Å². The van der Waals surface area contributed by atoms with Gasteiger partial charge < -0.3 is 10.5 Å². The fourth-order valence-electron chi connectivity index (χ4n) is 1.69. The third kappa shape index (κ3) is 3.78. The molecule has 3 heteroatoms. The number of hydrogen-bond donors (Lipinski definition) is 1. The summed E-state index contributed by atoms with van der Waals surface area (Å²) in [7, 11) is 1.72. The lowest BCUT2D eigenvalue weighted by atomic mass is 9.95. The van der Waals surface area contributed by atoms with Crippen molar-refractivity contribution in [3.8, 4) is 0 Å². The second-order valence-electron chi connectivity index (χ2n) is 3.51. The van der Waals surface area contributed by atoms with Gasteiger partial charge in [-0.05, 0) is 36.7 Å². The Bertz CT molecular complexity index is 115. The minimum Gasteiger partial charge on any atom is -0.383 e. The third-order valence-corrected chi connectivity index (χ3v) is 3.41. The van der Waals surface area contributed by atoms with Crippen LogP contribution in [0, 0.1) is 5.92 Å². The smallest absolute Gasteiger partial charge is 0.0613 e. The van der Waals surface area contributed by atoms with Gasteiger partial charge in [-0.25, -0.2) is 0 Å². The average Bonchev–Trinajstić information content (AvgIpc) is 2.06. The molecule has 2 N–H and O–H groups in total. The first-order chi connectivity index (χ1) is 5.83. The minimum atomic E-state index is 0.253. The van der Waals surface area contributed by atoms with E-state index in [0.29, 0.717) is 6.61 Å². The van der Waals surface area contributed by atoms with Crippen LogP contribution in [0.2, 0.25) is 0 Å². The quantitative estimate of drug-likeness (QED) is 0.728. The Hall–Kier alpha value is 0.270. The van der Waals surface area contributed by atoms with Crippen LogP contribution in [0.5, 0.6) is 0 Å². The Labute approximate surface area is 79.2 Å². The van der Waals surface area contributed by atoms with Crippen molar-refractivity contribution in [2.45, 2.75) is 25.3 Å². The van der Waals surface area contributed by atoms with E-state index in [0.717, 1.165) is 12.3 Å². The Kier molecular flexibility index (Phi) is 5.04. The van der Waals surface area contributed by atoms with E-state index in [1.165, 1.54) is 24.3 Å². The van der Waals surface area contributed by atoms with Crippen LogP contribution in [0.3, 0.4) is 0 Å². The molecule has 1 saturated heterocycles. The normalized spacial score (nSPS) is 22.5.